The molecule has 0 aliphatic carbocycles. The first-order chi connectivity index (χ1) is 4.59. The fourth-order valence-corrected chi connectivity index (χ4v) is 0.712. The van der Waals surface area contributed by atoms with Crippen molar-refractivity contribution >= 4 is 0 Å². The maximum atomic E-state index is 3.87. The molecule has 0 atom stereocenters. The number of hydrogen-bond acceptors (Lipinski definition) is 0. The predicted octanol–water partition coefficient (Wildman–Crippen LogP) is 3.48. The molecular formula is C10H16. The zero-order valence-electron chi connectivity index (χ0n) is 7.36. The molecule has 0 amide bonds. The quantitative estimate of drug-likeness (QED) is 0.510. The molecule has 0 rings (SSSR count). The molecule has 56 valence electrons. The molecule has 0 saturated carbocycles. The molecule has 0 aromatic heterocycles. The van der Waals surface area contributed by atoms with Gasteiger partial charge in [-0.1, -0.05) is 24.3 Å². The molecule has 0 bridgehead atoms. The van der Waals surface area contributed by atoms with E-state index in [9.17, 15) is 0 Å². The summed E-state index contributed by atoms with van der Waals surface area (Å²) in [4.78, 5) is 0. The van der Waals surface area contributed by atoms with Gasteiger partial charge in [0.2, 0.25) is 0 Å². The number of allylic oxidation sites excluding steroid dienone is 5. The van der Waals surface area contributed by atoms with Crippen LogP contribution in [0, 0.1) is 0 Å². The SMILES string of the molecule is C=C(C)/C(C)=C(C)/C=C/C. The van der Waals surface area contributed by atoms with Gasteiger partial charge >= 0.3 is 0 Å². The Labute approximate surface area is 64.0 Å². The van der Waals surface area contributed by atoms with Crippen molar-refractivity contribution in [3.63, 3.8) is 0 Å². The van der Waals surface area contributed by atoms with E-state index in [1.54, 1.807) is 0 Å². The van der Waals surface area contributed by atoms with Gasteiger partial charge in [-0.3, -0.25) is 0 Å². The highest BCUT2D eigenvalue weighted by atomic mass is 14.0. The van der Waals surface area contributed by atoms with E-state index in [0.29, 0.717) is 0 Å². The van der Waals surface area contributed by atoms with Crippen LogP contribution in [0.4, 0.5) is 0 Å². The lowest BCUT2D eigenvalue weighted by molar-refractivity contribution is 1.28. The van der Waals surface area contributed by atoms with Crippen molar-refractivity contribution in [1.82, 2.24) is 0 Å². The van der Waals surface area contributed by atoms with Crippen molar-refractivity contribution < 1.29 is 0 Å². The van der Waals surface area contributed by atoms with Gasteiger partial charge in [0.25, 0.3) is 0 Å². The second-order valence-corrected chi connectivity index (χ2v) is 2.59. The molecule has 0 unspecified atom stereocenters. The predicted molar refractivity (Wildman–Crippen MR) is 48.0 cm³/mol. The van der Waals surface area contributed by atoms with Gasteiger partial charge in [-0.25, -0.2) is 0 Å². The van der Waals surface area contributed by atoms with E-state index < -0.39 is 0 Å². The molecule has 10 heavy (non-hydrogen) atoms. The Morgan fingerprint density at radius 1 is 1.20 bits per heavy atom. The first-order valence-electron chi connectivity index (χ1n) is 3.55. The molecule has 0 heteroatoms. The minimum atomic E-state index is 1.15. The lowest BCUT2D eigenvalue weighted by Gasteiger charge is -2.01. The van der Waals surface area contributed by atoms with Gasteiger partial charge in [0.1, 0.15) is 0 Å². The third-order valence-electron chi connectivity index (χ3n) is 1.65. The maximum Gasteiger partial charge on any atom is -0.0393 e. The summed E-state index contributed by atoms with van der Waals surface area (Å²) in [6, 6.07) is 0. The van der Waals surface area contributed by atoms with Crippen LogP contribution >= 0.6 is 0 Å². The Balaban J connectivity index is 4.50. The van der Waals surface area contributed by atoms with Gasteiger partial charge in [0, 0.05) is 0 Å². The standard InChI is InChI=1S/C10H16/c1-6-7-9(4)10(5)8(2)3/h6-7H,2H2,1,3-5H3/b7-6+,10-9+. The summed E-state index contributed by atoms with van der Waals surface area (Å²) in [5, 5.41) is 0. The molecule has 0 aliphatic rings. The highest BCUT2D eigenvalue weighted by Gasteiger charge is 1.91. The van der Waals surface area contributed by atoms with Crippen molar-refractivity contribution in [2.24, 2.45) is 0 Å². The van der Waals surface area contributed by atoms with Crippen LogP contribution in [0.5, 0.6) is 0 Å². The zero-order valence-corrected chi connectivity index (χ0v) is 7.36. The third kappa shape index (κ3) is 2.67. The molecule has 0 heterocycles. The summed E-state index contributed by atoms with van der Waals surface area (Å²) in [6.07, 6.45) is 4.14. The van der Waals surface area contributed by atoms with Crippen LogP contribution in [-0.2, 0) is 0 Å². The lowest BCUT2D eigenvalue weighted by Crippen LogP contribution is -1.80. The van der Waals surface area contributed by atoms with E-state index >= 15 is 0 Å². The van der Waals surface area contributed by atoms with Crippen molar-refractivity contribution in [1.29, 1.82) is 0 Å². The van der Waals surface area contributed by atoms with E-state index in [-0.39, 0.29) is 0 Å². The highest BCUT2D eigenvalue weighted by molar-refractivity contribution is 5.34. The summed E-state index contributed by atoms with van der Waals surface area (Å²) in [5.41, 5.74) is 3.74. The van der Waals surface area contributed by atoms with Gasteiger partial charge in [-0.15, -0.1) is 0 Å². The van der Waals surface area contributed by atoms with E-state index in [1.165, 1.54) is 11.1 Å². The van der Waals surface area contributed by atoms with Gasteiger partial charge in [-0.05, 0) is 38.8 Å². The first kappa shape index (κ1) is 9.22. The number of hydrogen-bond donors (Lipinski definition) is 0. The molecule has 0 N–H and O–H groups in total. The Hall–Kier alpha value is -0.780. The van der Waals surface area contributed by atoms with Crippen LogP contribution < -0.4 is 0 Å². The van der Waals surface area contributed by atoms with E-state index in [2.05, 4.69) is 26.5 Å². The third-order valence-corrected chi connectivity index (χ3v) is 1.65. The first-order valence-corrected chi connectivity index (χ1v) is 3.55. The van der Waals surface area contributed by atoms with E-state index in [0.717, 1.165) is 5.57 Å². The summed E-state index contributed by atoms with van der Waals surface area (Å²) in [5.74, 6) is 0. The zero-order chi connectivity index (χ0) is 8.15. The topological polar surface area (TPSA) is 0 Å². The summed E-state index contributed by atoms with van der Waals surface area (Å²) >= 11 is 0. The summed E-state index contributed by atoms with van der Waals surface area (Å²) in [6.45, 7) is 12.1. The Kier molecular flexibility index (Phi) is 3.78. The largest absolute Gasteiger partial charge is 0.0958 e. The Bertz CT molecular complexity index is 180. The van der Waals surface area contributed by atoms with Gasteiger partial charge < -0.3 is 0 Å². The van der Waals surface area contributed by atoms with Crippen molar-refractivity contribution in [3.05, 3.63) is 35.5 Å². The molecule has 0 aliphatic heterocycles. The number of rotatable bonds is 2. The van der Waals surface area contributed by atoms with Crippen LogP contribution in [0.1, 0.15) is 27.7 Å². The van der Waals surface area contributed by atoms with Crippen LogP contribution in [0.15, 0.2) is 35.5 Å². The molecule has 0 spiro atoms. The molecule has 0 saturated heterocycles. The average Bonchev–Trinajstić information content (AvgIpc) is 1.87. The minimum absolute atomic E-state index is 1.15. The minimum Gasteiger partial charge on any atom is -0.0958 e. The second kappa shape index (κ2) is 4.10. The average molecular weight is 136 g/mol. The van der Waals surface area contributed by atoms with Crippen molar-refractivity contribution in [3.8, 4) is 0 Å². The van der Waals surface area contributed by atoms with Crippen LogP contribution in [0.3, 0.4) is 0 Å². The molecule has 0 aromatic carbocycles. The van der Waals surface area contributed by atoms with Gasteiger partial charge in [-0.2, -0.15) is 0 Å². The fraction of sp³-hybridized carbons (Fsp3) is 0.400. The maximum absolute atomic E-state index is 3.87. The van der Waals surface area contributed by atoms with E-state index in [1.807, 2.05) is 19.9 Å². The van der Waals surface area contributed by atoms with Crippen molar-refractivity contribution in [2.75, 3.05) is 0 Å². The monoisotopic (exact) mass is 136 g/mol. The van der Waals surface area contributed by atoms with E-state index in [4.69, 9.17) is 0 Å². The molecule has 0 fully saturated rings. The van der Waals surface area contributed by atoms with Crippen molar-refractivity contribution in [2.45, 2.75) is 27.7 Å². The highest BCUT2D eigenvalue weighted by Crippen LogP contribution is 2.11. The van der Waals surface area contributed by atoms with Crippen LogP contribution in [-0.4, -0.2) is 0 Å². The van der Waals surface area contributed by atoms with Gasteiger partial charge in [0.05, 0.1) is 0 Å². The Morgan fingerprint density at radius 2 is 1.70 bits per heavy atom. The normalized spacial score (nSPS) is 13.6. The fourth-order valence-electron chi connectivity index (χ4n) is 0.712. The molecular weight excluding hydrogens is 120 g/mol. The van der Waals surface area contributed by atoms with Gasteiger partial charge in [0.15, 0.2) is 0 Å². The van der Waals surface area contributed by atoms with Crippen LogP contribution in [0.25, 0.3) is 0 Å². The lowest BCUT2D eigenvalue weighted by atomic mass is 10.1. The molecule has 0 aromatic rings. The smallest absolute Gasteiger partial charge is 0.0393 e. The Morgan fingerprint density at radius 3 is 2.00 bits per heavy atom. The summed E-state index contributed by atoms with van der Waals surface area (Å²) in [7, 11) is 0. The van der Waals surface area contributed by atoms with Crippen LogP contribution in [0.2, 0.25) is 0 Å². The summed E-state index contributed by atoms with van der Waals surface area (Å²) < 4.78 is 0. The molecule has 0 nitrogen and oxygen atoms in total. The molecule has 0 radical (unpaired) electrons. The second-order valence-electron chi connectivity index (χ2n) is 2.59.